The average Bonchev–Trinajstić information content (AvgIpc) is 2.67. The van der Waals surface area contributed by atoms with Gasteiger partial charge in [-0.05, 0) is 42.0 Å². The molecule has 2 aromatic carbocycles. The molecule has 2 rings (SSSR count). The van der Waals surface area contributed by atoms with Crippen molar-refractivity contribution in [3.63, 3.8) is 0 Å². The third-order valence-corrected chi connectivity index (χ3v) is 3.20. The van der Waals surface area contributed by atoms with E-state index in [1.165, 1.54) is 24.3 Å². The van der Waals surface area contributed by atoms with Gasteiger partial charge >= 0.3 is 0 Å². The van der Waals surface area contributed by atoms with Gasteiger partial charge in [0.25, 0.3) is 0 Å². The number of rotatable bonds is 8. The molecule has 0 amide bonds. The summed E-state index contributed by atoms with van der Waals surface area (Å²) in [7, 11) is 0. The largest absolute Gasteiger partial charge is 0.487 e. The zero-order chi connectivity index (χ0) is 18.8. The first-order valence-corrected chi connectivity index (χ1v) is 7.64. The second kappa shape index (κ2) is 9.81. The highest BCUT2D eigenvalue weighted by molar-refractivity contribution is 5.31. The summed E-state index contributed by atoms with van der Waals surface area (Å²) in [6.07, 6.45) is 1.93. The number of ether oxygens (including phenoxy) is 1. The molecule has 7 heteroatoms. The number of benzene rings is 2. The summed E-state index contributed by atoms with van der Waals surface area (Å²) >= 11 is 0. The van der Waals surface area contributed by atoms with Crippen molar-refractivity contribution < 1.29 is 18.4 Å². The van der Waals surface area contributed by atoms with E-state index in [-0.39, 0.29) is 24.7 Å². The number of hydrogen-bond donors (Lipinski definition) is 2. The van der Waals surface area contributed by atoms with E-state index in [1.807, 2.05) is 6.07 Å². The highest BCUT2D eigenvalue weighted by Gasteiger charge is 2.03. The number of hydroxylamine groups is 1. The van der Waals surface area contributed by atoms with E-state index in [1.54, 1.807) is 24.3 Å². The molecule has 0 fully saturated rings. The van der Waals surface area contributed by atoms with E-state index in [0.717, 1.165) is 17.8 Å². The zero-order valence-electron chi connectivity index (χ0n) is 13.8. The molecule has 0 spiro atoms. The van der Waals surface area contributed by atoms with Gasteiger partial charge in [-0.3, -0.25) is 10.3 Å². The van der Waals surface area contributed by atoms with Crippen molar-refractivity contribution in [3.05, 3.63) is 89.3 Å². The number of nitriles is 1. The van der Waals surface area contributed by atoms with Crippen LogP contribution >= 0.6 is 0 Å². The lowest BCUT2D eigenvalue weighted by molar-refractivity contribution is 0.0428. The first kappa shape index (κ1) is 19.0. The molecule has 0 saturated carbocycles. The van der Waals surface area contributed by atoms with E-state index in [0.29, 0.717) is 11.3 Å². The molecule has 0 aliphatic rings. The van der Waals surface area contributed by atoms with Gasteiger partial charge in [-0.1, -0.05) is 12.1 Å². The van der Waals surface area contributed by atoms with E-state index < -0.39 is 5.83 Å². The molecule has 0 unspecified atom stereocenters. The zero-order valence-corrected chi connectivity index (χ0v) is 13.8. The quantitative estimate of drug-likeness (QED) is 0.559. The van der Waals surface area contributed by atoms with Crippen LogP contribution in [0.4, 0.5) is 8.78 Å². The summed E-state index contributed by atoms with van der Waals surface area (Å²) in [4.78, 5) is 5.33. The van der Waals surface area contributed by atoms with Crippen molar-refractivity contribution in [2.75, 3.05) is 6.61 Å². The van der Waals surface area contributed by atoms with Crippen molar-refractivity contribution in [1.29, 1.82) is 5.26 Å². The molecule has 0 bridgehead atoms. The Morgan fingerprint density at radius 3 is 2.46 bits per heavy atom. The predicted octanol–water partition coefficient (Wildman–Crippen LogP) is 3.45. The molecule has 0 radical (unpaired) electrons. The van der Waals surface area contributed by atoms with Crippen LogP contribution in [-0.2, 0) is 11.4 Å². The first-order chi connectivity index (χ1) is 12.6. The van der Waals surface area contributed by atoms with Gasteiger partial charge in [0.15, 0.2) is 0 Å². The lowest BCUT2D eigenvalue weighted by Gasteiger charge is -2.12. The topological polar surface area (TPSA) is 80.3 Å². The summed E-state index contributed by atoms with van der Waals surface area (Å²) in [5.74, 6) is -0.630. The summed E-state index contributed by atoms with van der Waals surface area (Å²) in [6.45, 7) is 0.147. The van der Waals surface area contributed by atoms with Crippen LogP contribution in [0.1, 0.15) is 11.1 Å². The van der Waals surface area contributed by atoms with E-state index in [2.05, 4.69) is 5.48 Å². The smallest absolute Gasteiger partial charge is 0.140 e. The summed E-state index contributed by atoms with van der Waals surface area (Å²) in [6, 6.07) is 14.3. The van der Waals surface area contributed by atoms with Crippen LogP contribution in [0.2, 0.25) is 0 Å². The Hall–Kier alpha value is -3.37. The van der Waals surface area contributed by atoms with Gasteiger partial charge in [0.05, 0.1) is 23.9 Å². The van der Waals surface area contributed by atoms with Crippen LogP contribution in [-0.4, -0.2) is 6.61 Å². The molecule has 3 N–H and O–H groups in total. The number of nitrogens with two attached hydrogens (primary N) is 1. The minimum absolute atomic E-state index is 0.0414. The molecule has 2 aromatic rings. The van der Waals surface area contributed by atoms with Crippen LogP contribution < -0.4 is 16.0 Å². The van der Waals surface area contributed by atoms with Crippen LogP contribution in [0, 0.1) is 17.1 Å². The highest BCUT2D eigenvalue weighted by atomic mass is 19.1. The molecular weight excluding hydrogens is 340 g/mol. The average molecular weight is 357 g/mol. The summed E-state index contributed by atoms with van der Waals surface area (Å²) < 4.78 is 31.8. The van der Waals surface area contributed by atoms with E-state index in [9.17, 15) is 8.78 Å². The fourth-order valence-corrected chi connectivity index (χ4v) is 1.89. The first-order valence-electron chi connectivity index (χ1n) is 7.64. The minimum atomic E-state index is -0.669. The Morgan fingerprint density at radius 2 is 1.85 bits per heavy atom. The van der Waals surface area contributed by atoms with E-state index >= 15 is 0 Å². The van der Waals surface area contributed by atoms with Gasteiger partial charge in [-0.25, -0.2) is 8.78 Å². The predicted molar refractivity (Wildman–Crippen MR) is 92.4 cm³/mol. The molecule has 5 nitrogen and oxygen atoms in total. The lowest BCUT2D eigenvalue weighted by Crippen LogP contribution is -2.19. The second-order valence-electron chi connectivity index (χ2n) is 5.16. The lowest BCUT2D eigenvalue weighted by atomic mass is 10.2. The molecule has 0 aliphatic heterocycles. The third kappa shape index (κ3) is 6.26. The molecular formula is C19H17F2N3O2. The monoisotopic (exact) mass is 357 g/mol. The highest BCUT2D eigenvalue weighted by Crippen LogP contribution is 2.13. The Bertz CT molecular complexity index is 810. The maximum atomic E-state index is 13.4. The van der Waals surface area contributed by atoms with Crippen molar-refractivity contribution >= 4 is 0 Å². The van der Waals surface area contributed by atoms with Gasteiger partial charge in [0.1, 0.15) is 24.0 Å². The van der Waals surface area contributed by atoms with Crippen molar-refractivity contribution in [2.24, 2.45) is 5.73 Å². The standard InChI is InChI=1S/C19H17F2N3O2/c20-16-5-7-19(8-6-16)25-13-18(9-17(21)11-23)24-26-12-15-3-1-14(10-22)2-4-15/h1-9,11,24H,12-13,23H2/b17-11+,18-9+. The molecule has 26 heavy (non-hydrogen) atoms. The van der Waals surface area contributed by atoms with Crippen molar-refractivity contribution in [3.8, 4) is 11.8 Å². The molecule has 134 valence electrons. The van der Waals surface area contributed by atoms with Crippen LogP contribution in [0.25, 0.3) is 0 Å². The molecule has 0 aromatic heterocycles. The minimum Gasteiger partial charge on any atom is -0.487 e. The number of nitrogens with one attached hydrogen (secondary N) is 1. The van der Waals surface area contributed by atoms with Crippen LogP contribution in [0.3, 0.4) is 0 Å². The summed E-state index contributed by atoms with van der Waals surface area (Å²) in [5.41, 5.74) is 9.39. The van der Waals surface area contributed by atoms with Crippen molar-refractivity contribution in [1.82, 2.24) is 5.48 Å². The van der Waals surface area contributed by atoms with Gasteiger partial charge < -0.3 is 10.5 Å². The Morgan fingerprint density at radius 1 is 1.15 bits per heavy atom. The number of nitrogens with zero attached hydrogens (tertiary/aromatic N) is 1. The molecule has 0 aliphatic carbocycles. The van der Waals surface area contributed by atoms with E-state index in [4.69, 9.17) is 20.6 Å². The fourth-order valence-electron chi connectivity index (χ4n) is 1.89. The normalized spacial score (nSPS) is 11.7. The second-order valence-corrected chi connectivity index (χ2v) is 5.16. The number of allylic oxidation sites excluding steroid dienone is 2. The number of halogens is 2. The third-order valence-electron chi connectivity index (χ3n) is 3.20. The van der Waals surface area contributed by atoms with Crippen LogP contribution in [0.5, 0.6) is 5.75 Å². The van der Waals surface area contributed by atoms with Gasteiger partial charge in [0.2, 0.25) is 0 Å². The Balaban J connectivity index is 1.92. The summed E-state index contributed by atoms with van der Waals surface area (Å²) in [5, 5.41) is 8.77. The van der Waals surface area contributed by atoms with Crippen LogP contribution in [0.15, 0.2) is 72.3 Å². The fraction of sp³-hybridized carbons (Fsp3) is 0.105. The molecule has 0 heterocycles. The van der Waals surface area contributed by atoms with Gasteiger partial charge in [-0.2, -0.15) is 5.26 Å². The van der Waals surface area contributed by atoms with Gasteiger partial charge in [0, 0.05) is 12.3 Å². The SMILES string of the molecule is N#Cc1ccc(CON/C(=C/C(F)=C\N)COc2ccc(F)cc2)cc1. The Labute approximate surface area is 149 Å². The van der Waals surface area contributed by atoms with Gasteiger partial charge in [-0.15, -0.1) is 0 Å². The maximum Gasteiger partial charge on any atom is 0.140 e. The van der Waals surface area contributed by atoms with Crippen molar-refractivity contribution in [2.45, 2.75) is 6.61 Å². The molecule has 0 saturated heterocycles. The molecule has 0 atom stereocenters. The maximum absolute atomic E-state index is 13.4. The number of hydrogen-bond acceptors (Lipinski definition) is 5. The Kier molecular flexibility index (Phi) is 7.16.